The van der Waals surface area contributed by atoms with Crippen molar-refractivity contribution in [3.8, 4) is 11.8 Å². The van der Waals surface area contributed by atoms with Crippen molar-refractivity contribution < 1.29 is 4.40 Å². The molecule has 0 amide bonds. The molecule has 1 aromatic carbocycles. The first-order valence-electron chi connectivity index (χ1n) is 5.99. The van der Waals surface area contributed by atoms with Crippen molar-refractivity contribution in [3.05, 3.63) is 82.6 Å². The Bertz CT molecular complexity index is 797. The summed E-state index contributed by atoms with van der Waals surface area (Å²) < 4.78 is 3.12. The Kier molecular flexibility index (Phi) is 3.31. The van der Waals surface area contributed by atoms with Gasteiger partial charge < -0.3 is 0 Å². The van der Waals surface area contributed by atoms with E-state index in [2.05, 4.69) is 44.3 Å². The zero-order valence-corrected chi connectivity index (χ0v) is 11.8. The van der Waals surface area contributed by atoms with Crippen LogP contribution in [-0.2, 0) is 0 Å². The number of aromatic nitrogens is 1. The molecule has 0 N–H and O–H groups in total. The molecule has 0 bridgehead atoms. The molecule has 3 rings (SSSR count). The maximum Gasteiger partial charge on any atom is 0.211 e. The van der Waals surface area contributed by atoms with Gasteiger partial charge in [0.05, 0.1) is 0 Å². The molecule has 0 aliphatic heterocycles. The molecule has 2 heterocycles. The highest BCUT2D eigenvalue weighted by atomic mass is 79.9. The first-order valence-corrected chi connectivity index (χ1v) is 6.78. The summed E-state index contributed by atoms with van der Waals surface area (Å²) in [6.07, 6.45) is 4.06. The molecule has 0 spiro atoms. The fraction of sp³-hybridized carbons (Fsp3) is 0. The minimum atomic E-state index is 1.01. The zero-order chi connectivity index (χ0) is 13.1. The highest BCUT2D eigenvalue weighted by molar-refractivity contribution is 9.10. The van der Waals surface area contributed by atoms with Gasteiger partial charge in [0, 0.05) is 39.9 Å². The van der Waals surface area contributed by atoms with E-state index in [-0.39, 0.29) is 0 Å². The van der Waals surface area contributed by atoms with Crippen molar-refractivity contribution in [2.24, 2.45) is 0 Å². The smallest absolute Gasteiger partial charge is 0.167 e. The molecule has 0 saturated heterocycles. The van der Waals surface area contributed by atoms with Gasteiger partial charge in [0.1, 0.15) is 0 Å². The predicted molar refractivity (Wildman–Crippen MR) is 79.7 cm³/mol. The molecule has 90 valence electrons. The van der Waals surface area contributed by atoms with Crippen LogP contribution in [0.2, 0.25) is 0 Å². The van der Waals surface area contributed by atoms with Crippen molar-refractivity contribution in [2.45, 2.75) is 0 Å². The summed E-state index contributed by atoms with van der Waals surface area (Å²) in [5, 5.41) is 0. The van der Waals surface area contributed by atoms with Crippen molar-refractivity contribution in [2.75, 3.05) is 0 Å². The number of hydrogen-bond acceptors (Lipinski definition) is 0. The molecule has 2 heteroatoms. The monoisotopic (exact) mass is 308 g/mol. The third kappa shape index (κ3) is 2.83. The molecule has 0 unspecified atom stereocenters. The molecule has 0 aliphatic carbocycles. The average molecular weight is 309 g/mol. The van der Waals surface area contributed by atoms with Crippen LogP contribution in [0.5, 0.6) is 0 Å². The molecular formula is C17H11BrN+. The van der Waals surface area contributed by atoms with E-state index in [1.807, 2.05) is 54.9 Å². The van der Waals surface area contributed by atoms with Gasteiger partial charge in [0.25, 0.3) is 0 Å². The highest BCUT2D eigenvalue weighted by Crippen LogP contribution is 2.10. The Morgan fingerprint density at radius 3 is 2.47 bits per heavy atom. The molecule has 1 nitrogen and oxygen atoms in total. The molecule has 19 heavy (non-hydrogen) atoms. The van der Waals surface area contributed by atoms with Crippen LogP contribution in [0.4, 0.5) is 0 Å². The topological polar surface area (TPSA) is 4.10 Å². The van der Waals surface area contributed by atoms with E-state index in [4.69, 9.17) is 0 Å². The third-order valence-electron chi connectivity index (χ3n) is 2.82. The lowest BCUT2D eigenvalue weighted by Gasteiger charge is -1.92. The fourth-order valence-electron chi connectivity index (χ4n) is 1.88. The Morgan fingerprint density at radius 2 is 1.63 bits per heavy atom. The summed E-state index contributed by atoms with van der Waals surface area (Å²) in [6.45, 7) is 0. The van der Waals surface area contributed by atoms with E-state index >= 15 is 0 Å². The Balaban J connectivity index is 1.98. The molecular weight excluding hydrogens is 298 g/mol. The number of halogens is 1. The van der Waals surface area contributed by atoms with E-state index < -0.39 is 0 Å². The second-order valence-corrected chi connectivity index (χ2v) is 5.12. The number of benzene rings is 1. The Hall–Kier alpha value is -2.11. The van der Waals surface area contributed by atoms with Crippen molar-refractivity contribution in [1.82, 2.24) is 0 Å². The number of rotatable bonds is 0. The average Bonchev–Trinajstić information content (AvgIpc) is 2.45. The van der Waals surface area contributed by atoms with Gasteiger partial charge in [-0.1, -0.05) is 33.8 Å². The van der Waals surface area contributed by atoms with E-state index in [0.717, 1.165) is 21.1 Å². The van der Waals surface area contributed by atoms with Crippen LogP contribution in [0.15, 0.2) is 71.5 Å². The van der Waals surface area contributed by atoms with E-state index in [1.54, 1.807) is 0 Å². The van der Waals surface area contributed by atoms with Gasteiger partial charge in [-0.15, -0.1) is 0 Å². The largest absolute Gasteiger partial charge is 0.211 e. The van der Waals surface area contributed by atoms with Crippen LogP contribution >= 0.6 is 15.9 Å². The SMILES string of the molecule is Brc1cccc(C#Cc2cc[n+]3ccccc3c2)c1. The molecule has 0 fully saturated rings. The standard InChI is InChI=1S/C17H11BrN/c18-16-5-3-4-14(12-16)7-8-15-9-11-19-10-2-1-6-17(19)13-15/h1-6,9-13H/q+1. The van der Waals surface area contributed by atoms with Gasteiger partial charge in [0.15, 0.2) is 12.4 Å². The fourth-order valence-corrected chi connectivity index (χ4v) is 2.28. The van der Waals surface area contributed by atoms with Crippen molar-refractivity contribution in [3.63, 3.8) is 0 Å². The normalized spacial score (nSPS) is 9.95. The van der Waals surface area contributed by atoms with E-state index in [1.165, 1.54) is 0 Å². The van der Waals surface area contributed by atoms with Gasteiger partial charge in [-0.25, -0.2) is 0 Å². The van der Waals surface area contributed by atoms with Crippen LogP contribution in [-0.4, -0.2) is 0 Å². The molecule has 0 aliphatic rings. The summed E-state index contributed by atoms with van der Waals surface area (Å²) >= 11 is 3.45. The maximum atomic E-state index is 3.45. The lowest BCUT2D eigenvalue weighted by molar-refractivity contribution is -0.512. The zero-order valence-electron chi connectivity index (χ0n) is 10.2. The van der Waals surface area contributed by atoms with Crippen molar-refractivity contribution >= 4 is 21.4 Å². The number of fused-ring (bicyclic) bond motifs is 1. The highest BCUT2D eigenvalue weighted by Gasteiger charge is 1.99. The van der Waals surface area contributed by atoms with Crippen LogP contribution in [0.3, 0.4) is 0 Å². The van der Waals surface area contributed by atoms with Gasteiger partial charge >= 0.3 is 0 Å². The summed E-state index contributed by atoms with van der Waals surface area (Å²) in [6, 6.07) is 18.2. The molecule has 0 radical (unpaired) electrons. The second kappa shape index (κ2) is 5.26. The molecule has 0 saturated carbocycles. The van der Waals surface area contributed by atoms with Gasteiger partial charge in [0.2, 0.25) is 5.52 Å². The lowest BCUT2D eigenvalue weighted by Crippen LogP contribution is -2.19. The minimum absolute atomic E-state index is 1.01. The quantitative estimate of drug-likeness (QED) is 0.441. The summed E-state index contributed by atoms with van der Waals surface area (Å²) in [4.78, 5) is 0. The molecule has 3 aromatic rings. The first kappa shape index (κ1) is 12.0. The molecule has 0 atom stereocenters. The Labute approximate surface area is 120 Å². The number of pyridine rings is 2. The predicted octanol–water partition coefficient (Wildman–Crippen LogP) is 3.59. The Morgan fingerprint density at radius 1 is 0.789 bits per heavy atom. The summed E-state index contributed by atoms with van der Waals surface area (Å²) in [5.74, 6) is 6.37. The summed E-state index contributed by atoms with van der Waals surface area (Å²) in [5.41, 5.74) is 3.17. The first-order chi connectivity index (χ1) is 9.31. The second-order valence-electron chi connectivity index (χ2n) is 4.21. The maximum absolute atomic E-state index is 3.45. The number of nitrogens with zero attached hydrogens (tertiary/aromatic N) is 1. The lowest BCUT2D eigenvalue weighted by atomic mass is 10.2. The van der Waals surface area contributed by atoms with Crippen LogP contribution in [0.1, 0.15) is 11.1 Å². The summed E-state index contributed by atoms with van der Waals surface area (Å²) in [7, 11) is 0. The third-order valence-corrected chi connectivity index (χ3v) is 3.31. The number of hydrogen-bond donors (Lipinski definition) is 0. The van der Waals surface area contributed by atoms with E-state index in [9.17, 15) is 0 Å². The van der Waals surface area contributed by atoms with Gasteiger partial charge in [-0.3, -0.25) is 0 Å². The van der Waals surface area contributed by atoms with Gasteiger partial charge in [-0.2, -0.15) is 4.40 Å². The van der Waals surface area contributed by atoms with Gasteiger partial charge in [-0.05, 0) is 24.3 Å². The van der Waals surface area contributed by atoms with Crippen LogP contribution in [0, 0.1) is 11.8 Å². The van der Waals surface area contributed by atoms with Crippen LogP contribution in [0.25, 0.3) is 5.52 Å². The van der Waals surface area contributed by atoms with E-state index in [0.29, 0.717) is 0 Å². The minimum Gasteiger partial charge on any atom is -0.167 e. The van der Waals surface area contributed by atoms with Crippen molar-refractivity contribution in [1.29, 1.82) is 0 Å². The molecule has 2 aromatic heterocycles. The van der Waals surface area contributed by atoms with Crippen LogP contribution < -0.4 is 4.40 Å².